The Balaban J connectivity index is 2.64. The molecule has 52 valence electrons. The average molecular weight is 129 g/mol. The van der Waals surface area contributed by atoms with Gasteiger partial charge in [-0.15, -0.1) is 0 Å². The van der Waals surface area contributed by atoms with E-state index in [9.17, 15) is 0 Å². The average Bonchev–Trinajstić information content (AvgIpc) is 2.13. The molecule has 3 heteroatoms. The van der Waals surface area contributed by atoms with Crippen LogP contribution in [0.25, 0.3) is 0 Å². The van der Waals surface area contributed by atoms with Crippen LogP contribution in [0.5, 0.6) is 0 Å². The van der Waals surface area contributed by atoms with Gasteiger partial charge in [-0.3, -0.25) is 10.3 Å². The summed E-state index contributed by atoms with van der Waals surface area (Å²) in [6.45, 7) is 3.72. The summed E-state index contributed by atoms with van der Waals surface area (Å²) in [5.41, 5.74) is 3.10. The Morgan fingerprint density at radius 1 is 1.89 bits per heavy atom. The van der Waals surface area contributed by atoms with Crippen LogP contribution in [0.2, 0.25) is 0 Å². The predicted molar refractivity (Wildman–Crippen MR) is 33.5 cm³/mol. The van der Waals surface area contributed by atoms with Crippen LogP contribution in [0.15, 0.2) is 11.8 Å². The molecule has 0 aromatic rings. The van der Waals surface area contributed by atoms with E-state index in [0.29, 0.717) is 0 Å². The molecule has 0 saturated carbocycles. The van der Waals surface area contributed by atoms with Gasteiger partial charge in [0.1, 0.15) is 5.60 Å². The van der Waals surface area contributed by atoms with Crippen LogP contribution in [0.3, 0.4) is 0 Å². The molecule has 0 amide bonds. The summed E-state index contributed by atoms with van der Waals surface area (Å²) in [5, 5.41) is 8.73. The summed E-state index contributed by atoms with van der Waals surface area (Å²) in [5.74, 6) is 0. The van der Waals surface area contributed by atoms with Gasteiger partial charge in [-0.2, -0.15) is 0 Å². The van der Waals surface area contributed by atoms with Crippen molar-refractivity contribution in [2.45, 2.75) is 19.4 Å². The van der Waals surface area contributed by atoms with E-state index in [-0.39, 0.29) is 6.61 Å². The van der Waals surface area contributed by atoms with Crippen LogP contribution in [-0.2, 0) is 4.84 Å². The number of nitrogens with one attached hydrogen (secondary N) is 1. The van der Waals surface area contributed by atoms with Gasteiger partial charge in [-0.1, -0.05) is 0 Å². The minimum absolute atomic E-state index is 0.0112. The Hall–Kier alpha value is -0.540. The van der Waals surface area contributed by atoms with Crippen LogP contribution < -0.4 is 5.48 Å². The molecular weight excluding hydrogens is 118 g/mol. The zero-order chi connectivity index (χ0) is 6.91. The van der Waals surface area contributed by atoms with Crippen LogP contribution >= 0.6 is 0 Å². The van der Waals surface area contributed by atoms with Crippen molar-refractivity contribution in [1.82, 2.24) is 5.48 Å². The van der Waals surface area contributed by atoms with E-state index < -0.39 is 5.60 Å². The second kappa shape index (κ2) is 2.01. The molecule has 0 bridgehead atoms. The fourth-order valence-corrected chi connectivity index (χ4v) is 0.792. The molecular formula is C6H11NO2. The summed E-state index contributed by atoms with van der Waals surface area (Å²) < 4.78 is 0. The first-order chi connectivity index (χ1) is 4.16. The third kappa shape index (κ3) is 1.23. The summed E-state index contributed by atoms with van der Waals surface area (Å²) in [4.78, 5) is 5.01. The van der Waals surface area contributed by atoms with Gasteiger partial charge in [0.15, 0.2) is 0 Å². The number of aliphatic hydroxyl groups is 1. The van der Waals surface area contributed by atoms with Crippen molar-refractivity contribution < 1.29 is 9.94 Å². The summed E-state index contributed by atoms with van der Waals surface area (Å²) in [7, 11) is 0. The molecule has 0 spiro atoms. The highest BCUT2D eigenvalue weighted by molar-refractivity contribution is 5.09. The SMILES string of the molecule is CC1=CC(C)(CO)ON1. The first-order valence-corrected chi connectivity index (χ1v) is 2.91. The molecule has 0 fully saturated rings. The van der Waals surface area contributed by atoms with E-state index in [1.807, 2.05) is 19.9 Å². The molecule has 1 aliphatic rings. The van der Waals surface area contributed by atoms with E-state index in [1.165, 1.54) is 0 Å². The third-order valence-corrected chi connectivity index (χ3v) is 1.28. The molecule has 1 unspecified atom stereocenters. The van der Waals surface area contributed by atoms with Crippen molar-refractivity contribution >= 4 is 0 Å². The Bertz CT molecular complexity index is 144. The van der Waals surface area contributed by atoms with E-state index in [4.69, 9.17) is 9.94 Å². The van der Waals surface area contributed by atoms with Gasteiger partial charge in [0.25, 0.3) is 0 Å². The quantitative estimate of drug-likeness (QED) is 0.530. The second-order valence-electron chi connectivity index (χ2n) is 2.50. The van der Waals surface area contributed by atoms with Gasteiger partial charge in [0.2, 0.25) is 0 Å². The molecule has 0 aromatic heterocycles. The Kier molecular flexibility index (Phi) is 1.47. The zero-order valence-corrected chi connectivity index (χ0v) is 5.64. The summed E-state index contributed by atoms with van der Waals surface area (Å²) in [6, 6.07) is 0. The molecule has 1 atom stereocenters. The predicted octanol–water partition coefficient (Wildman–Crippen LogP) is 0.176. The lowest BCUT2D eigenvalue weighted by Gasteiger charge is -2.15. The van der Waals surface area contributed by atoms with Crippen molar-refractivity contribution in [3.63, 3.8) is 0 Å². The van der Waals surface area contributed by atoms with Crippen molar-refractivity contribution in [1.29, 1.82) is 0 Å². The minimum atomic E-state index is -0.510. The van der Waals surface area contributed by atoms with Gasteiger partial charge in [-0.25, -0.2) is 0 Å². The van der Waals surface area contributed by atoms with Crippen molar-refractivity contribution in [3.05, 3.63) is 11.8 Å². The molecule has 1 heterocycles. The lowest BCUT2D eigenvalue weighted by atomic mass is 10.1. The van der Waals surface area contributed by atoms with Gasteiger partial charge in [-0.05, 0) is 19.9 Å². The smallest absolute Gasteiger partial charge is 0.136 e. The Morgan fingerprint density at radius 3 is 2.78 bits per heavy atom. The molecule has 1 aliphatic heterocycles. The van der Waals surface area contributed by atoms with E-state index in [1.54, 1.807) is 0 Å². The topological polar surface area (TPSA) is 41.5 Å². The standard InChI is InChI=1S/C6H11NO2/c1-5-3-6(2,4-8)9-7-5/h3,7-8H,4H2,1-2H3. The zero-order valence-electron chi connectivity index (χ0n) is 5.64. The number of allylic oxidation sites excluding steroid dienone is 1. The van der Waals surface area contributed by atoms with E-state index in [2.05, 4.69) is 5.48 Å². The van der Waals surface area contributed by atoms with Crippen molar-refractivity contribution in [2.75, 3.05) is 6.61 Å². The summed E-state index contributed by atoms with van der Waals surface area (Å²) >= 11 is 0. The van der Waals surface area contributed by atoms with Gasteiger partial charge < -0.3 is 5.11 Å². The molecule has 2 N–H and O–H groups in total. The first kappa shape index (κ1) is 6.58. The normalized spacial score (nSPS) is 33.9. The lowest BCUT2D eigenvalue weighted by Crippen LogP contribution is -2.29. The lowest BCUT2D eigenvalue weighted by molar-refractivity contribution is -0.0580. The highest BCUT2D eigenvalue weighted by Crippen LogP contribution is 2.17. The minimum Gasteiger partial charge on any atom is -0.393 e. The molecule has 9 heavy (non-hydrogen) atoms. The molecule has 0 radical (unpaired) electrons. The maximum absolute atomic E-state index is 8.73. The highest BCUT2D eigenvalue weighted by Gasteiger charge is 2.26. The second-order valence-corrected chi connectivity index (χ2v) is 2.50. The fraction of sp³-hybridized carbons (Fsp3) is 0.667. The van der Waals surface area contributed by atoms with E-state index in [0.717, 1.165) is 5.70 Å². The number of rotatable bonds is 1. The molecule has 1 rings (SSSR count). The number of aliphatic hydroxyl groups excluding tert-OH is 1. The maximum atomic E-state index is 8.73. The molecule has 0 aromatic carbocycles. The van der Waals surface area contributed by atoms with Gasteiger partial charge in [0, 0.05) is 5.70 Å². The number of hydrogen-bond donors (Lipinski definition) is 2. The maximum Gasteiger partial charge on any atom is 0.136 e. The third-order valence-electron chi connectivity index (χ3n) is 1.28. The van der Waals surface area contributed by atoms with Crippen LogP contribution in [0.1, 0.15) is 13.8 Å². The monoisotopic (exact) mass is 129 g/mol. The van der Waals surface area contributed by atoms with Crippen LogP contribution in [-0.4, -0.2) is 17.3 Å². The number of hydroxylamine groups is 1. The van der Waals surface area contributed by atoms with E-state index >= 15 is 0 Å². The van der Waals surface area contributed by atoms with Crippen LogP contribution in [0.4, 0.5) is 0 Å². The fourth-order valence-electron chi connectivity index (χ4n) is 0.792. The molecule has 0 aliphatic carbocycles. The summed E-state index contributed by atoms with van der Waals surface area (Å²) in [6.07, 6.45) is 1.85. The van der Waals surface area contributed by atoms with Crippen molar-refractivity contribution in [3.8, 4) is 0 Å². The largest absolute Gasteiger partial charge is 0.393 e. The first-order valence-electron chi connectivity index (χ1n) is 2.91. The Morgan fingerprint density at radius 2 is 2.56 bits per heavy atom. The Labute approximate surface area is 54.3 Å². The van der Waals surface area contributed by atoms with Crippen molar-refractivity contribution in [2.24, 2.45) is 0 Å². The number of hydrogen-bond acceptors (Lipinski definition) is 3. The highest BCUT2D eigenvalue weighted by atomic mass is 16.7. The van der Waals surface area contributed by atoms with Gasteiger partial charge >= 0.3 is 0 Å². The van der Waals surface area contributed by atoms with Crippen LogP contribution in [0, 0.1) is 0 Å². The molecule has 0 saturated heterocycles. The van der Waals surface area contributed by atoms with Gasteiger partial charge in [0.05, 0.1) is 6.61 Å². The molecule has 3 nitrogen and oxygen atoms in total.